The minimum Gasteiger partial charge on any atom is -0.377 e. The Morgan fingerprint density at radius 2 is 1.44 bits per heavy atom. The molecule has 1 N–H and O–H groups in total. The average Bonchev–Trinajstić information content (AvgIpc) is 3.24. The molecule has 0 atom stereocenters. The second-order valence-electron chi connectivity index (χ2n) is 7.98. The lowest BCUT2D eigenvalue weighted by molar-refractivity contribution is -0.126. The first-order valence-corrected chi connectivity index (χ1v) is 11.4. The molecule has 0 spiro atoms. The van der Waals surface area contributed by atoms with Crippen molar-refractivity contribution >= 4 is 11.7 Å². The van der Waals surface area contributed by atoms with E-state index in [0.29, 0.717) is 71.9 Å². The molecule has 1 aromatic heterocycles. The smallest absolute Gasteiger partial charge is 0.220 e. The van der Waals surface area contributed by atoms with E-state index in [1.165, 1.54) is 0 Å². The maximum absolute atomic E-state index is 11.6. The van der Waals surface area contributed by atoms with Crippen LogP contribution in [0.5, 0.6) is 0 Å². The van der Waals surface area contributed by atoms with Crippen LogP contribution in [0.2, 0.25) is 0 Å². The van der Waals surface area contributed by atoms with E-state index in [1.807, 2.05) is 20.0 Å². The molecule has 0 aromatic carbocycles. The summed E-state index contributed by atoms with van der Waals surface area (Å²) in [6.45, 7) is 12.8. The largest absolute Gasteiger partial charge is 0.377 e. The molecular weight excluding hydrogens is 416 g/mol. The number of hydrogen-bond acceptors (Lipinski definition) is 8. The summed E-state index contributed by atoms with van der Waals surface area (Å²) in [6.07, 6.45) is 2.46. The van der Waals surface area contributed by atoms with Gasteiger partial charge >= 0.3 is 0 Å². The Labute approximate surface area is 191 Å². The number of ether oxygens (including phenoxy) is 4. The van der Waals surface area contributed by atoms with Crippen molar-refractivity contribution in [1.29, 1.82) is 0 Å². The molecule has 0 unspecified atom stereocenters. The summed E-state index contributed by atoms with van der Waals surface area (Å²) in [4.78, 5) is 23.1. The molecule has 32 heavy (non-hydrogen) atoms. The zero-order valence-electron chi connectivity index (χ0n) is 20.0. The standard InChI is InChI=1S/C22H40N4O6/c1-18(2)20-17-26(25-24-20)8-10-30-12-14-32-16-15-31-13-11-29-9-7-23-22(28)6-5-21(27)19(3)4/h17-19H,5-16H2,1-4H3,(H,23,28). The van der Waals surface area contributed by atoms with Gasteiger partial charge in [-0.25, -0.2) is 4.68 Å². The monoisotopic (exact) mass is 456 g/mol. The second-order valence-corrected chi connectivity index (χ2v) is 7.98. The number of carbonyl (C=O) groups excluding carboxylic acids is 2. The number of nitrogens with one attached hydrogen (secondary N) is 1. The van der Waals surface area contributed by atoms with E-state index in [2.05, 4.69) is 29.5 Å². The van der Waals surface area contributed by atoms with Crippen LogP contribution in [-0.2, 0) is 35.1 Å². The molecule has 10 nitrogen and oxygen atoms in total. The van der Waals surface area contributed by atoms with Gasteiger partial charge in [0.25, 0.3) is 0 Å². The van der Waals surface area contributed by atoms with Crippen LogP contribution < -0.4 is 5.32 Å². The van der Waals surface area contributed by atoms with Crippen molar-refractivity contribution in [2.24, 2.45) is 5.92 Å². The number of Topliss-reactive ketones (excluding diaryl/α,β-unsaturated/α-hetero) is 1. The third-order valence-electron chi connectivity index (χ3n) is 4.54. The molecule has 184 valence electrons. The fourth-order valence-electron chi connectivity index (χ4n) is 2.48. The van der Waals surface area contributed by atoms with Gasteiger partial charge in [-0.3, -0.25) is 9.59 Å². The minimum absolute atomic E-state index is 0.0284. The summed E-state index contributed by atoms with van der Waals surface area (Å²) < 4.78 is 23.6. The summed E-state index contributed by atoms with van der Waals surface area (Å²) >= 11 is 0. The highest BCUT2D eigenvalue weighted by Gasteiger charge is 2.09. The fraction of sp³-hybridized carbons (Fsp3) is 0.818. The van der Waals surface area contributed by atoms with Gasteiger partial charge in [0, 0.05) is 31.5 Å². The van der Waals surface area contributed by atoms with Gasteiger partial charge in [0.2, 0.25) is 5.91 Å². The van der Waals surface area contributed by atoms with E-state index >= 15 is 0 Å². The third-order valence-corrected chi connectivity index (χ3v) is 4.54. The van der Waals surface area contributed by atoms with Crippen LogP contribution >= 0.6 is 0 Å². The SMILES string of the molecule is CC(C)C(=O)CCC(=O)NCCOCCOCCOCCOCCn1cc(C(C)C)nn1. The second kappa shape index (κ2) is 17.6. The van der Waals surface area contributed by atoms with E-state index in [-0.39, 0.29) is 30.4 Å². The fourth-order valence-corrected chi connectivity index (χ4v) is 2.48. The van der Waals surface area contributed by atoms with Crippen molar-refractivity contribution in [2.45, 2.75) is 53.0 Å². The minimum atomic E-state index is -0.126. The Balaban J connectivity index is 1.79. The maximum atomic E-state index is 11.6. The highest BCUT2D eigenvalue weighted by molar-refractivity contribution is 5.85. The summed E-state index contributed by atoms with van der Waals surface area (Å²) in [7, 11) is 0. The number of carbonyl (C=O) groups is 2. The molecule has 1 amide bonds. The normalized spacial score (nSPS) is 11.4. The van der Waals surface area contributed by atoms with Crippen LogP contribution in [0.3, 0.4) is 0 Å². The number of nitrogens with zero attached hydrogens (tertiary/aromatic N) is 3. The third kappa shape index (κ3) is 14.2. The molecule has 1 aromatic rings. The van der Waals surface area contributed by atoms with Crippen molar-refractivity contribution in [2.75, 3.05) is 59.4 Å². The van der Waals surface area contributed by atoms with E-state index in [9.17, 15) is 9.59 Å². The summed E-state index contributed by atoms with van der Waals surface area (Å²) in [6, 6.07) is 0. The van der Waals surface area contributed by atoms with E-state index < -0.39 is 0 Å². The molecular formula is C22H40N4O6. The molecule has 0 saturated heterocycles. The molecule has 0 radical (unpaired) electrons. The van der Waals surface area contributed by atoms with Crippen LogP contribution in [0.4, 0.5) is 0 Å². The van der Waals surface area contributed by atoms with Crippen LogP contribution in [-0.4, -0.2) is 86.1 Å². The number of aromatic nitrogens is 3. The van der Waals surface area contributed by atoms with E-state index in [4.69, 9.17) is 18.9 Å². The average molecular weight is 457 g/mol. The molecule has 10 heteroatoms. The van der Waals surface area contributed by atoms with Gasteiger partial charge in [-0.1, -0.05) is 32.9 Å². The Bertz CT molecular complexity index is 636. The first-order valence-electron chi connectivity index (χ1n) is 11.4. The van der Waals surface area contributed by atoms with Gasteiger partial charge < -0.3 is 24.3 Å². The van der Waals surface area contributed by atoms with Crippen LogP contribution in [0.25, 0.3) is 0 Å². The number of ketones is 1. The van der Waals surface area contributed by atoms with Gasteiger partial charge in [-0.15, -0.1) is 5.10 Å². The van der Waals surface area contributed by atoms with Crippen molar-refractivity contribution in [1.82, 2.24) is 20.3 Å². The maximum Gasteiger partial charge on any atom is 0.220 e. The Hall–Kier alpha value is -1.88. The highest BCUT2D eigenvalue weighted by atomic mass is 16.6. The van der Waals surface area contributed by atoms with Crippen molar-refractivity contribution in [3.63, 3.8) is 0 Å². The predicted molar refractivity (Wildman–Crippen MR) is 119 cm³/mol. The summed E-state index contributed by atoms with van der Waals surface area (Å²) in [5, 5.41) is 10.9. The molecule has 0 fully saturated rings. The lowest BCUT2D eigenvalue weighted by Gasteiger charge is -2.08. The molecule has 0 aliphatic rings. The summed E-state index contributed by atoms with van der Waals surface area (Å²) in [5.41, 5.74) is 0.983. The van der Waals surface area contributed by atoms with Crippen molar-refractivity contribution < 1.29 is 28.5 Å². The quantitative estimate of drug-likeness (QED) is 0.294. The molecule has 0 saturated carbocycles. The van der Waals surface area contributed by atoms with Crippen LogP contribution in [0.1, 0.15) is 52.1 Å². The van der Waals surface area contributed by atoms with Gasteiger partial charge in [0.05, 0.1) is 65.1 Å². The zero-order valence-corrected chi connectivity index (χ0v) is 20.0. The van der Waals surface area contributed by atoms with E-state index in [1.54, 1.807) is 4.68 Å². The Morgan fingerprint density at radius 1 is 0.875 bits per heavy atom. The molecule has 1 rings (SSSR count). The zero-order chi connectivity index (χ0) is 23.6. The molecule has 0 aliphatic heterocycles. The van der Waals surface area contributed by atoms with Gasteiger partial charge in [0.15, 0.2) is 0 Å². The molecule has 0 aliphatic carbocycles. The van der Waals surface area contributed by atoms with Crippen molar-refractivity contribution in [3.05, 3.63) is 11.9 Å². The number of rotatable bonds is 20. The highest BCUT2D eigenvalue weighted by Crippen LogP contribution is 2.08. The Kier molecular flexibility index (Phi) is 15.5. The van der Waals surface area contributed by atoms with Gasteiger partial charge in [-0.05, 0) is 5.92 Å². The van der Waals surface area contributed by atoms with Gasteiger partial charge in [0.1, 0.15) is 5.78 Å². The lowest BCUT2D eigenvalue weighted by atomic mass is 10.0. The lowest BCUT2D eigenvalue weighted by Crippen LogP contribution is -2.28. The predicted octanol–water partition coefficient (Wildman–Crippen LogP) is 1.59. The van der Waals surface area contributed by atoms with E-state index in [0.717, 1.165) is 5.69 Å². The Morgan fingerprint density at radius 3 is 1.97 bits per heavy atom. The summed E-state index contributed by atoms with van der Waals surface area (Å²) in [5.74, 6) is 0.323. The van der Waals surface area contributed by atoms with Crippen molar-refractivity contribution in [3.8, 4) is 0 Å². The van der Waals surface area contributed by atoms with Gasteiger partial charge in [-0.2, -0.15) is 0 Å². The first-order chi connectivity index (χ1) is 15.4. The van der Waals surface area contributed by atoms with Crippen LogP contribution in [0, 0.1) is 5.92 Å². The number of amides is 1. The van der Waals surface area contributed by atoms with Crippen LogP contribution in [0.15, 0.2) is 6.20 Å². The molecule has 1 heterocycles. The first kappa shape index (κ1) is 28.2. The molecule has 0 bridgehead atoms. The topological polar surface area (TPSA) is 114 Å². The number of hydrogen-bond donors (Lipinski definition) is 1.